The molecule has 1 aliphatic rings. The second-order valence-electron chi connectivity index (χ2n) is 5.31. The van der Waals surface area contributed by atoms with Crippen LogP contribution in [0.25, 0.3) is 0 Å². The Morgan fingerprint density at radius 3 is 2.57 bits per heavy atom. The van der Waals surface area contributed by atoms with Crippen LogP contribution in [0.1, 0.15) is 21.6 Å². The van der Waals surface area contributed by atoms with Crippen molar-refractivity contribution in [2.45, 2.75) is 6.42 Å². The highest BCUT2D eigenvalue weighted by Crippen LogP contribution is 2.11. The number of hydrogen-bond acceptors (Lipinski definition) is 3. The molecule has 1 aromatic heterocycles. The second kappa shape index (κ2) is 6.70. The van der Waals surface area contributed by atoms with Crippen LogP contribution < -0.4 is 0 Å². The van der Waals surface area contributed by atoms with E-state index in [4.69, 9.17) is 4.74 Å². The number of hydrogen-bond donors (Lipinski definition) is 1. The van der Waals surface area contributed by atoms with Gasteiger partial charge in [0, 0.05) is 31.4 Å². The lowest BCUT2D eigenvalue weighted by molar-refractivity contribution is 0.0384. The standard InChI is InChI=1S/C17H20N2O2/c20-17(16-2-1-8-18-16)15-5-3-14(4-6-15)7-9-19-10-12-21-13-11-19/h1-6,8,18H,7,9-13H2. The fraction of sp³-hybridized carbons (Fsp3) is 0.353. The molecule has 4 heteroatoms. The van der Waals surface area contributed by atoms with Gasteiger partial charge in [0.15, 0.2) is 0 Å². The predicted octanol–water partition coefficient (Wildman–Crippen LogP) is 2.12. The molecule has 0 saturated carbocycles. The molecule has 1 N–H and O–H groups in total. The number of H-pyrrole nitrogens is 1. The summed E-state index contributed by atoms with van der Waals surface area (Å²) in [6.07, 6.45) is 2.78. The van der Waals surface area contributed by atoms with E-state index >= 15 is 0 Å². The van der Waals surface area contributed by atoms with Crippen LogP contribution in [0.15, 0.2) is 42.6 Å². The van der Waals surface area contributed by atoms with Gasteiger partial charge in [0.05, 0.1) is 18.9 Å². The topological polar surface area (TPSA) is 45.3 Å². The Morgan fingerprint density at radius 1 is 1.14 bits per heavy atom. The molecule has 21 heavy (non-hydrogen) atoms. The lowest BCUT2D eigenvalue weighted by Crippen LogP contribution is -2.37. The van der Waals surface area contributed by atoms with Gasteiger partial charge < -0.3 is 9.72 Å². The second-order valence-corrected chi connectivity index (χ2v) is 5.31. The van der Waals surface area contributed by atoms with Crippen LogP contribution in [0.3, 0.4) is 0 Å². The molecular formula is C17H20N2O2. The minimum atomic E-state index is 0.0414. The van der Waals surface area contributed by atoms with Gasteiger partial charge in [0.1, 0.15) is 0 Å². The Kier molecular flexibility index (Phi) is 4.48. The van der Waals surface area contributed by atoms with Gasteiger partial charge in [-0.2, -0.15) is 0 Å². The third-order valence-corrected chi connectivity index (χ3v) is 3.88. The maximum Gasteiger partial charge on any atom is 0.209 e. The van der Waals surface area contributed by atoms with Gasteiger partial charge in [0.2, 0.25) is 5.78 Å². The van der Waals surface area contributed by atoms with Gasteiger partial charge in [0.25, 0.3) is 0 Å². The molecule has 0 radical (unpaired) electrons. The Hall–Kier alpha value is -1.91. The summed E-state index contributed by atoms with van der Waals surface area (Å²) in [4.78, 5) is 17.5. The number of benzene rings is 1. The van der Waals surface area contributed by atoms with Gasteiger partial charge >= 0.3 is 0 Å². The molecule has 1 fully saturated rings. The molecule has 2 heterocycles. The first kappa shape index (κ1) is 14.0. The molecular weight excluding hydrogens is 264 g/mol. The van der Waals surface area contributed by atoms with Crippen LogP contribution in [0.2, 0.25) is 0 Å². The summed E-state index contributed by atoms with van der Waals surface area (Å²) < 4.78 is 5.35. The van der Waals surface area contributed by atoms with Gasteiger partial charge in [-0.15, -0.1) is 0 Å². The summed E-state index contributed by atoms with van der Waals surface area (Å²) in [5, 5.41) is 0. The Bertz CT molecular complexity index is 569. The maximum absolute atomic E-state index is 12.2. The predicted molar refractivity (Wildman–Crippen MR) is 81.6 cm³/mol. The zero-order valence-electron chi connectivity index (χ0n) is 12.0. The fourth-order valence-electron chi connectivity index (χ4n) is 2.56. The van der Waals surface area contributed by atoms with Crippen LogP contribution in [-0.4, -0.2) is 48.5 Å². The molecule has 2 aromatic rings. The molecule has 1 saturated heterocycles. The first-order chi connectivity index (χ1) is 10.3. The van der Waals surface area contributed by atoms with Crippen LogP contribution in [-0.2, 0) is 11.2 Å². The Balaban J connectivity index is 1.57. The quantitative estimate of drug-likeness (QED) is 0.855. The molecule has 0 amide bonds. The number of aromatic nitrogens is 1. The Labute approximate surface area is 124 Å². The number of carbonyl (C=O) groups is 1. The zero-order chi connectivity index (χ0) is 14.5. The van der Waals surface area contributed by atoms with E-state index in [1.54, 1.807) is 12.3 Å². The van der Waals surface area contributed by atoms with E-state index in [9.17, 15) is 4.79 Å². The van der Waals surface area contributed by atoms with Crippen LogP contribution in [0, 0.1) is 0 Å². The first-order valence-electron chi connectivity index (χ1n) is 7.40. The highest BCUT2D eigenvalue weighted by molar-refractivity contribution is 6.07. The van der Waals surface area contributed by atoms with Crippen LogP contribution in [0.5, 0.6) is 0 Å². The number of ether oxygens (including phenoxy) is 1. The average molecular weight is 284 g/mol. The highest BCUT2D eigenvalue weighted by atomic mass is 16.5. The third-order valence-electron chi connectivity index (χ3n) is 3.88. The fourth-order valence-corrected chi connectivity index (χ4v) is 2.56. The van der Waals surface area contributed by atoms with Crippen molar-refractivity contribution < 1.29 is 9.53 Å². The number of rotatable bonds is 5. The summed E-state index contributed by atoms with van der Waals surface area (Å²) in [5.41, 5.74) is 2.63. The normalized spacial score (nSPS) is 16.0. The van der Waals surface area contributed by atoms with Gasteiger partial charge in [-0.25, -0.2) is 0 Å². The van der Waals surface area contributed by atoms with Crippen molar-refractivity contribution in [1.82, 2.24) is 9.88 Å². The number of nitrogens with zero attached hydrogens (tertiary/aromatic N) is 1. The molecule has 0 aliphatic carbocycles. The lowest BCUT2D eigenvalue weighted by atomic mass is 10.0. The zero-order valence-corrected chi connectivity index (χ0v) is 12.0. The smallest absolute Gasteiger partial charge is 0.209 e. The summed E-state index contributed by atoms with van der Waals surface area (Å²) in [6, 6.07) is 11.6. The summed E-state index contributed by atoms with van der Waals surface area (Å²) >= 11 is 0. The molecule has 4 nitrogen and oxygen atoms in total. The van der Waals surface area contributed by atoms with E-state index in [-0.39, 0.29) is 5.78 Å². The number of morpholine rings is 1. The molecule has 1 aliphatic heterocycles. The van der Waals surface area contributed by atoms with Gasteiger partial charge in [-0.1, -0.05) is 24.3 Å². The van der Waals surface area contributed by atoms with Crippen molar-refractivity contribution in [2.75, 3.05) is 32.8 Å². The van der Waals surface area contributed by atoms with Crippen LogP contribution >= 0.6 is 0 Å². The van der Waals surface area contributed by atoms with E-state index in [2.05, 4.69) is 22.0 Å². The summed E-state index contributed by atoms with van der Waals surface area (Å²) in [5.74, 6) is 0.0414. The van der Waals surface area contributed by atoms with E-state index in [1.165, 1.54) is 5.56 Å². The first-order valence-corrected chi connectivity index (χ1v) is 7.40. The SMILES string of the molecule is O=C(c1ccc(CCN2CCOCC2)cc1)c1ccc[nH]1. The van der Waals surface area contributed by atoms with Gasteiger partial charge in [-0.3, -0.25) is 9.69 Å². The van der Waals surface area contributed by atoms with E-state index in [0.29, 0.717) is 5.69 Å². The molecule has 0 unspecified atom stereocenters. The number of carbonyl (C=O) groups excluding carboxylic acids is 1. The maximum atomic E-state index is 12.2. The van der Waals surface area contributed by atoms with E-state index in [0.717, 1.165) is 44.8 Å². The molecule has 0 atom stereocenters. The molecule has 110 valence electrons. The van der Waals surface area contributed by atoms with Crippen LogP contribution in [0.4, 0.5) is 0 Å². The number of nitrogens with one attached hydrogen (secondary N) is 1. The molecule has 1 aromatic carbocycles. The number of ketones is 1. The minimum Gasteiger partial charge on any atom is -0.379 e. The molecule has 3 rings (SSSR count). The number of aromatic amines is 1. The average Bonchev–Trinajstić information content (AvgIpc) is 3.08. The molecule has 0 bridgehead atoms. The minimum absolute atomic E-state index is 0.0414. The van der Waals surface area contributed by atoms with Gasteiger partial charge in [-0.05, 0) is 24.1 Å². The van der Waals surface area contributed by atoms with Crippen molar-refractivity contribution in [1.29, 1.82) is 0 Å². The van der Waals surface area contributed by atoms with Crippen molar-refractivity contribution in [3.05, 3.63) is 59.4 Å². The van der Waals surface area contributed by atoms with E-state index < -0.39 is 0 Å². The molecule has 0 spiro atoms. The van der Waals surface area contributed by atoms with Crippen molar-refractivity contribution in [3.63, 3.8) is 0 Å². The monoisotopic (exact) mass is 284 g/mol. The highest BCUT2D eigenvalue weighted by Gasteiger charge is 2.11. The van der Waals surface area contributed by atoms with E-state index in [1.807, 2.05) is 18.2 Å². The third kappa shape index (κ3) is 3.60. The van der Waals surface area contributed by atoms with Crippen molar-refractivity contribution in [3.8, 4) is 0 Å². The Morgan fingerprint density at radius 2 is 1.90 bits per heavy atom. The van der Waals surface area contributed by atoms with Crippen molar-refractivity contribution in [2.24, 2.45) is 0 Å². The summed E-state index contributed by atoms with van der Waals surface area (Å²) in [7, 11) is 0. The van der Waals surface area contributed by atoms with Crippen molar-refractivity contribution >= 4 is 5.78 Å². The lowest BCUT2D eigenvalue weighted by Gasteiger charge is -2.26. The largest absolute Gasteiger partial charge is 0.379 e. The summed E-state index contributed by atoms with van der Waals surface area (Å²) in [6.45, 7) is 4.76.